The molecule has 4 N–H and O–H groups in total. The zero-order chi connectivity index (χ0) is 13.4. The smallest absolute Gasteiger partial charge is 0.273 e. The van der Waals surface area contributed by atoms with Crippen LogP contribution in [0.1, 0.15) is 29.5 Å². The molecule has 18 heavy (non-hydrogen) atoms. The lowest BCUT2D eigenvalue weighted by atomic mass is 10.2. The minimum Gasteiger partial charge on any atom is -0.395 e. The molecule has 0 spiro atoms. The summed E-state index contributed by atoms with van der Waals surface area (Å²) in [5, 5.41) is 9.51. The van der Waals surface area contributed by atoms with Crippen LogP contribution in [0.5, 0.6) is 0 Å². The number of aromatic nitrogens is 2. The number of thioether (sulfide) groups is 1. The van der Waals surface area contributed by atoms with Crippen LogP contribution in [0.4, 0.5) is 5.69 Å². The summed E-state index contributed by atoms with van der Waals surface area (Å²) in [5.41, 5.74) is 7.41. The van der Waals surface area contributed by atoms with E-state index < -0.39 is 0 Å². The second-order valence-electron chi connectivity index (χ2n) is 3.73. The lowest BCUT2D eigenvalue weighted by Gasteiger charge is -2.02. The van der Waals surface area contributed by atoms with Crippen molar-refractivity contribution >= 4 is 23.4 Å². The predicted molar refractivity (Wildman–Crippen MR) is 75.5 cm³/mol. The summed E-state index contributed by atoms with van der Waals surface area (Å²) in [5.74, 6) is 3.72. The fourth-order valence-corrected chi connectivity index (χ4v) is 1.96. The summed E-state index contributed by atoms with van der Waals surface area (Å²) in [7, 11) is 0. The summed E-state index contributed by atoms with van der Waals surface area (Å²) >= 11 is 1.60. The van der Waals surface area contributed by atoms with E-state index in [0.717, 1.165) is 24.3 Å². The van der Waals surface area contributed by atoms with Crippen LogP contribution in [0.2, 0.25) is 0 Å². The highest BCUT2D eigenvalue weighted by atomic mass is 32.2. The summed E-state index contributed by atoms with van der Waals surface area (Å²) in [6.07, 6.45) is 6.87. The molecule has 1 aromatic heterocycles. The molecule has 0 aliphatic heterocycles. The van der Waals surface area contributed by atoms with Crippen molar-refractivity contribution in [2.24, 2.45) is 0 Å². The molecule has 0 saturated carbocycles. The lowest BCUT2D eigenvalue weighted by molar-refractivity contribution is 0.0952. The van der Waals surface area contributed by atoms with Gasteiger partial charge in [-0.15, -0.1) is 18.2 Å². The van der Waals surface area contributed by atoms with Crippen LogP contribution in [0.25, 0.3) is 0 Å². The number of aromatic amines is 1. The maximum Gasteiger partial charge on any atom is 0.273 e. The molecule has 1 aromatic rings. The summed E-state index contributed by atoms with van der Waals surface area (Å²) in [4.78, 5) is 11.8. The molecule has 0 atom stereocenters. The van der Waals surface area contributed by atoms with Crippen LogP contribution in [0.3, 0.4) is 0 Å². The molecular weight excluding hydrogens is 248 g/mol. The van der Waals surface area contributed by atoms with Gasteiger partial charge in [-0.1, -0.05) is 19.3 Å². The van der Waals surface area contributed by atoms with Gasteiger partial charge >= 0.3 is 0 Å². The number of aryl methyl sites for hydroxylation is 1. The van der Waals surface area contributed by atoms with Gasteiger partial charge in [0.25, 0.3) is 5.91 Å². The first-order valence-corrected chi connectivity index (χ1v) is 6.98. The van der Waals surface area contributed by atoms with Crippen molar-refractivity contribution in [1.29, 1.82) is 0 Å². The maximum absolute atomic E-state index is 11.8. The molecule has 1 heterocycles. The summed E-state index contributed by atoms with van der Waals surface area (Å²) < 4.78 is 0. The number of nitrogens with two attached hydrogens (primary N) is 1. The Balaban J connectivity index is 2.44. The van der Waals surface area contributed by atoms with E-state index >= 15 is 0 Å². The first-order chi connectivity index (χ1) is 8.70. The number of nitrogens with zero attached hydrogens (tertiary/aromatic N) is 1. The van der Waals surface area contributed by atoms with Gasteiger partial charge in [0.2, 0.25) is 0 Å². The van der Waals surface area contributed by atoms with Gasteiger partial charge in [-0.3, -0.25) is 9.89 Å². The predicted octanol–water partition coefficient (Wildman–Crippen LogP) is 1.04. The molecule has 0 radical (unpaired) electrons. The van der Waals surface area contributed by atoms with Gasteiger partial charge in [-0.05, 0) is 6.42 Å². The standard InChI is InChI=1S/C12H18N4OS/c1-3-5-9-10(13)11(16-15-9)12(17)14-6-8-18-7-4-2/h2H,3,5-8,13H2,1H3,(H,14,17)(H,15,16). The molecular formula is C12H18N4OS. The lowest BCUT2D eigenvalue weighted by Crippen LogP contribution is -2.26. The van der Waals surface area contributed by atoms with Gasteiger partial charge in [-0.2, -0.15) is 5.10 Å². The van der Waals surface area contributed by atoms with E-state index in [1.54, 1.807) is 11.8 Å². The van der Waals surface area contributed by atoms with Gasteiger partial charge in [0.15, 0.2) is 5.69 Å². The van der Waals surface area contributed by atoms with Gasteiger partial charge in [0, 0.05) is 12.3 Å². The largest absolute Gasteiger partial charge is 0.395 e. The maximum atomic E-state index is 11.8. The van der Waals surface area contributed by atoms with Crippen LogP contribution < -0.4 is 11.1 Å². The van der Waals surface area contributed by atoms with E-state index in [1.165, 1.54) is 0 Å². The Morgan fingerprint density at radius 3 is 3.11 bits per heavy atom. The summed E-state index contributed by atoms with van der Waals surface area (Å²) in [6.45, 7) is 2.60. The quantitative estimate of drug-likeness (QED) is 0.508. The van der Waals surface area contributed by atoms with Gasteiger partial charge in [0.05, 0.1) is 17.1 Å². The number of hydrogen-bond donors (Lipinski definition) is 3. The van der Waals surface area contributed by atoms with E-state index in [9.17, 15) is 4.79 Å². The number of carbonyl (C=O) groups is 1. The topological polar surface area (TPSA) is 83.8 Å². The fraction of sp³-hybridized carbons (Fsp3) is 0.500. The highest BCUT2D eigenvalue weighted by Gasteiger charge is 2.15. The number of terminal acetylenes is 1. The molecule has 0 fully saturated rings. The molecule has 6 heteroatoms. The molecule has 5 nitrogen and oxygen atoms in total. The van der Waals surface area contributed by atoms with Crippen molar-refractivity contribution in [2.45, 2.75) is 19.8 Å². The monoisotopic (exact) mass is 266 g/mol. The van der Waals surface area contributed by atoms with Crippen molar-refractivity contribution in [3.05, 3.63) is 11.4 Å². The van der Waals surface area contributed by atoms with Crippen molar-refractivity contribution in [2.75, 3.05) is 23.8 Å². The SMILES string of the molecule is C#CCSCCNC(=O)c1n[nH]c(CCC)c1N. The molecule has 1 amide bonds. The Bertz CT molecular complexity index is 436. The van der Waals surface area contributed by atoms with E-state index in [1.807, 2.05) is 6.92 Å². The second kappa shape index (κ2) is 7.67. The van der Waals surface area contributed by atoms with E-state index in [0.29, 0.717) is 18.0 Å². The number of nitrogens with one attached hydrogen (secondary N) is 2. The second-order valence-corrected chi connectivity index (χ2v) is 4.83. The fourth-order valence-electron chi connectivity index (χ4n) is 1.45. The molecule has 98 valence electrons. The molecule has 0 bridgehead atoms. The Morgan fingerprint density at radius 2 is 2.44 bits per heavy atom. The third-order valence-electron chi connectivity index (χ3n) is 2.32. The molecule has 0 aromatic carbocycles. The van der Waals surface area contributed by atoms with E-state index in [2.05, 4.69) is 21.4 Å². The number of amides is 1. The average molecular weight is 266 g/mol. The zero-order valence-corrected chi connectivity index (χ0v) is 11.3. The van der Waals surface area contributed by atoms with Crippen LogP contribution in [-0.4, -0.2) is 34.2 Å². The zero-order valence-electron chi connectivity index (χ0n) is 10.5. The normalized spacial score (nSPS) is 10.0. The van der Waals surface area contributed by atoms with Crippen LogP contribution in [-0.2, 0) is 6.42 Å². The van der Waals surface area contributed by atoms with Crippen molar-refractivity contribution in [3.63, 3.8) is 0 Å². The number of H-pyrrole nitrogens is 1. The van der Waals surface area contributed by atoms with Crippen LogP contribution in [0, 0.1) is 12.3 Å². The number of anilines is 1. The Labute approximate surface area is 111 Å². The van der Waals surface area contributed by atoms with Crippen molar-refractivity contribution in [1.82, 2.24) is 15.5 Å². The van der Waals surface area contributed by atoms with Gasteiger partial charge in [-0.25, -0.2) is 0 Å². The Hall–Kier alpha value is -1.61. The molecule has 1 rings (SSSR count). The molecule has 0 saturated heterocycles. The van der Waals surface area contributed by atoms with Crippen molar-refractivity contribution in [3.8, 4) is 12.3 Å². The minimum absolute atomic E-state index is 0.243. The first-order valence-electron chi connectivity index (χ1n) is 5.82. The van der Waals surface area contributed by atoms with Crippen LogP contribution in [0.15, 0.2) is 0 Å². The third kappa shape index (κ3) is 4.00. The third-order valence-corrected chi connectivity index (χ3v) is 3.18. The number of carbonyl (C=O) groups excluding carboxylic acids is 1. The number of rotatable bonds is 7. The van der Waals surface area contributed by atoms with E-state index in [4.69, 9.17) is 12.2 Å². The van der Waals surface area contributed by atoms with Crippen LogP contribution >= 0.6 is 11.8 Å². The highest BCUT2D eigenvalue weighted by Crippen LogP contribution is 2.15. The van der Waals surface area contributed by atoms with Gasteiger partial charge < -0.3 is 11.1 Å². The Morgan fingerprint density at radius 1 is 1.67 bits per heavy atom. The molecule has 0 aliphatic rings. The molecule has 0 unspecified atom stereocenters. The summed E-state index contributed by atoms with van der Waals surface area (Å²) in [6, 6.07) is 0. The Kier molecular flexibility index (Phi) is 6.15. The minimum atomic E-state index is -0.243. The van der Waals surface area contributed by atoms with Gasteiger partial charge in [0.1, 0.15) is 0 Å². The highest BCUT2D eigenvalue weighted by molar-refractivity contribution is 7.99. The first kappa shape index (κ1) is 14.5. The van der Waals surface area contributed by atoms with Crippen molar-refractivity contribution < 1.29 is 4.79 Å². The average Bonchev–Trinajstić information content (AvgIpc) is 2.71. The van der Waals surface area contributed by atoms with E-state index in [-0.39, 0.29) is 11.6 Å². The molecule has 0 aliphatic carbocycles. The number of nitrogen functional groups attached to an aromatic ring is 1. The number of hydrogen-bond acceptors (Lipinski definition) is 4.